The maximum Gasteiger partial charge on any atom is 0.414 e. The molecule has 1 heterocycles. The molecule has 4 heteroatoms. The minimum absolute atomic E-state index is 0.00743. The highest BCUT2D eigenvalue weighted by molar-refractivity contribution is 6.13. The van der Waals surface area contributed by atoms with E-state index in [0.717, 1.165) is 5.56 Å². The number of anilines is 1. The largest absolute Gasteiger partial charge is 0.445 e. The number of fused-ring (bicyclic) bond motifs is 1. The Labute approximate surface area is 153 Å². The lowest BCUT2D eigenvalue weighted by molar-refractivity contribution is 0.0876. The van der Waals surface area contributed by atoms with Crippen LogP contribution < -0.4 is 4.90 Å². The Hall–Kier alpha value is -3.14. The second-order valence-corrected chi connectivity index (χ2v) is 6.24. The van der Waals surface area contributed by atoms with Crippen LogP contribution in [0.15, 0.2) is 79.9 Å². The molecule has 26 heavy (non-hydrogen) atoms. The highest BCUT2D eigenvalue weighted by atomic mass is 16.6. The molecule has 0 aromatic heterocycles. The fourth-order valence-electron chi connectivity index (χ4n) is 3.46. The number of nitrogens with zero attached hydrogens (tertiary/aromatic N) is 1. The summed E-state index contributed by atoms with van der Waals surface area (Å²) < 4.78 is 5.26. The number of ketones is 1. The van der Waals surface area contributed by atoms with Gasteiger partial charge in [0, 0.05) is 12.1 Å². The lowest BCUT2D eigenvalue weighted by Crippen LogP contribution is -2.53. The lowest BCUT2D eigenvalue weighted by Gasteiger charge is -2.41. The molecule has 2 aromatic rings. The molecular weight excluding hydrogens is 326 g/mol. The van der Waals surface area contributed by atoms with Crippen LogP contribution in [0.4, 0.5) is 10.5 Å². The second-order valence-electron chi connectivity index (χ2n) is 6.24. The quantitative estimate of drug-likeness (QED) is 0.747. The van der Waals surface area contributed by atoms with Gasteiger partial charge in [0.1, 0.15) is 6.61 Å². The summed E-state index contributed by atoms with van der Waals surface area (Å²) in [6.45, 7) is 7.73. The maximum absolute atomic E-state index is 13.5. The van der Waals surface area contributed by atoms with E-state index in [4.69, 9.17) is 4.74 Å². The highest BCUT2D eigenvalue weighted by Gasteiger charge is 2.47. The molecule has 132 valence electrons. The van der Waals surface area contributed by atoms with Gasteiger partial charge in [0.25, 0.3) is 0 Å². The van der Waals surface area contributed by atoms with Crippen LogP contribution in [-0.4, -0.2) is 25.0 Å². The van der Waals surface area contributed by atoms with Crippen molar-refractivity contribution in [3.63, 3.8) is 0 Å². The van der Waals surface area contributed by atoms with Gasteiger partial charge in [-0.1, -0.05) is 61.2 Å². The van der Waals surface area contributed by atoms with Crippen molar-refractivity contribution in [3.8, 4) is 0 Å². The number of rotatable bonds is 5. The number of benzene rings is 2. The van der Waals surface area contributed by atoms with Gasteiger partial charge in [0.15, 0.2) is 5.78 Å². The van der Waals surface area contributed by atoms with Crippen molar-refractivity contribution in [2.24, 2.45) is 0 Å². The number of carbonyl (C=O) groups is 2. The SMILES string of the molecule is C=CCOC(=O)N1C[C@@](CC=C)(c2ccccc2)C(=O)c2ccccc21. The van der Waals surface area contributed by atoms with Crippen LogP contribution in [0.2, 0.25) is 0 Å². The van der Waals surface area contributed by atoms with Crippen molar-refractivity contribution in [2.75, 3.05) is 18.1 Å². The van der Waals surface area contributed by atoms with Gasteiger partial charge in [-0.2, -0.15) is 0 Å². The molecule has 4 nitrogen and oxygen atoms in total. The Balaban J connectivity index is 2.15. The van der Waals surface area contributed by atoms with Crippen molar-refractivity contribution in [1.29, 1.82) is 0 Å². The predicted octanol–water partition coefficient (Wildman–Crippen LogP) is 4.53. The zero-order valence-corrected chi connectivity index (χ0v) is 14.6. The molecule has 2 aromatic carbocycles. The Kier molecular flexibility index (Phi) is 5.03. The van der Waals surface area contributed by atoms with Gasteiger partial charge in [-0.25, -0.2) is 4.79 Å². The molecule has 0 saturated carbocycles. The molecule has 1 atom stereocenters. The lowest BCUT2D eigenvalue weighted by atomic mass is 9.69. The van der Waals surface area contributed by atoms with Crippen LogP contribution >= 0.6 is 0 Å². The number of carbonyl (C=O) groups excluding carboxylic acids is 2. The minimum atomic E-state index is -0.884. The van der Waals surface area contributed by atoms with Crippen molar-refractivity contribution in [2.45, 2.75) is 11.8 Å². The van der Waals surface area contributed by atoms with E-state index in [2.05, 4.69) is 13.2 Å². The van der Waals surface area contributed by atoms with E-state index in [1.165, 1.54) is 11.0 Å². The Bertz CT molecular complexity index is 843. The van der Waals surface area contributed by atoms with Gasteiger partial charge >= 0.3 is 6.09 Å². The van der Waals surface area contributed by atoms with E-state index < -0.39 is 11.5 Å². The predicted molar refractivity (Wildman–Crippen MR) is 103 cm³/mol. The van der Waals surface area contributed by atoms with Crippen LogP contribution in [-0.2, 0) is 10.2 Å². The Morgan fingerprint density at radius 2 is 1.77 bits per heavy atom. The van der Waals surface area contributed by atoms with Crippen LogP contribution in [0, 0.1) is 0 Å². The fraction of sp³-hybridized carbons (Fsp3) is 0.182. The molecule has 0 radical (unpaired) electrons. The molecule has 0 aliphatic carbocycles. The summed E-state index contributed by atoms with van der Waals surface area (Å²) in [5, 5.41) is 0. The van der Waals surface area contributed by atoms with Crippen molar-refractivity contribution >= 4 is 17.6 Å². The number of allylic oxidation sites excluding steroid dienone is 1. The zero-order valence-electron chi connectivity index (χ0n) is 14.6. The van der Waals surface area contributed by atoms with E-state index in [9.17, 15) is 9.59 Å². The summed E-state index contributed by atoms with van der Waals surface area (Å²) in [6, 6.07) is 16.7. The standard InChI is InChI=1S/C22H21NO3/c1-3-14-22(17-10-6-5-7-11-17)16-23(21(25)26-15-4-2)19-13-9-8-12-18(19)20(22)24/h3-13H,1-2,14-16H2/t22-/m0/s1. The van der Waals surface area contributed by atoms with Crippen LogP contribution in [0.25, 0.3) is 0 Å². The summed E-state index contributed by atoms with van der Waals surface area (Å²) in [7, 11) is 0. The number of hydrogen-bond acceptors (Lipinski definition) is 3. The summed E-state index contributed by atoms with van der Waals surface area (Å²) in [4.78, 5) is 27.7. The van der Waals surface area contributed by atoms with E-state index >= 15 is 0 Å². The molecule has 0 bridgehead atoms. The fourth-order valence-corrected chi connectivity index (χ4v) is 3.46. The molecule has 0 saturated heterocycles. The third kappa shape index (κ3) is 2.94. The van der Waals surface area contributed by atoms with E-state index in [-0.39, 0.29) is 18.9 Å². The van der Waals surface area contributed by atoms with E-state index in [1.807, 2.05) is 36.4 Å². The minimum Gasteiger partial charge on any atom is -0.445 e. The second kappa shape index (κ2) is 7.40. The maximum atomic E-state index is 13.5. The molecule has 0 N–H and O–H groups in total. The molecule has 1 aliphatic heterocycles. The Morgan fingerprint density at radius 3 is 2.46 bits per heavy atom. The van der Waals surface area contributed by atoms with Crippen LogP contribution in [0.5, 0.6) is 0 Å². The van der Waals surface area contributed by atoms with Gasteiger partial charge in [0.05, 0.1) is 11.1 Å². The van der Waals surface area contributed by atoms with Gasteiger partial charge in [-0.3, -0.25) is 9.69 Å². The summed E-state index contributed by atoms with van der Waals surface area (Å²) in [5.41, 5.74) is 1.06. The molecule has 3 rings (SSSR count). The van der Waals surface area contributed by atoms with Crippen molar-refractivity contribution < 1.29 is 14.3 Å². The first-order chi connectivity index (χ1) is 12.6. The first kappa shape index (κ1) is 17.7. The van der Waals surface area contributed by atoms with E-state index in [0.29, 0.717) is 17.7 Å². The monoisotopic (exact) mass is 347 g/mol. The Morgan fingerprint density at radius 1 is 1.08 bits per heavy atom. The number of Topliss-reactive ketones (excluding diaryl/α,β-unsaturated/α-hetero) is 1. The summed E-state index contributed by atoms with van der Waals surface area (Å²) in [5.74, 6) is -0.00743. The molecule has 0 spiro atoms. The van der Waals surface area contributed by atoms with E-state index in [1.54, 1.807) is 24.3 Å². The summed E-state index contributed by atoms with van der Waals surface area (Å²) in [6.07, 6.45) is 3.18. The molecule has 1 aliphatic rings. The number of hydrogen-bond donors (Lipinski definition) is 0. The topological polar surface area (TPSA) is 46.6 Å². The van der Waals surface area contributed by atoms with Crippen molar-refractivity contribution in [3.05, 3.63) is 91.0 Å². The first-order valence-corrected chi connectivity index (χ1v) is 8.49. The molecule has 0 unspecified atom stereocenters. The highest BCUT2D eigenvalue weighted by Crippen LogP contribution is 2.41. The van der Waals surface area contributed by atoms with Gasteiger partial charge < -0.3 is 4.74 Å². The smallest absolute Gasteiger partial charge is 0.414 e. The van der Waals surface area contributed by atoms with Crippen molar-refractivity contribution in [1.82, 2.24) is 0 Å². The van der Waals surface area contributed by atoms with Gasteiger partial charge in [0.2, 0.25) is 0 Å². The third-order valence-electron chi connectivity index (χ3n) is 4.67. The zero-order chi connectivity index (χ0) is 18.6. The molecule has 0 fully saturated rings. The van der Waals surface area contributed by atoms with Crippen LogP contribution in [0.3, 0.4) is 0 Å². The molecule has 1 amide bonds. The van der Waals surface area contributed by atoms with Gasteiger partial charge in [-0.15, -0.1) is 6.58 Å². The average Bonchev–Trinajstić information content (AvgIpc) is 2.69. The van der Waals surface area contributed by atoms with Gasteiger partial charge in [-0.05, 0) is 24.1 Å². The summed E-state index contributed by atoms with van der Waals surface area (Å²) >= 11 is 0. The van der Waals surface area contributed by atoms with Crippen LogP contribution in [0.1, 0.15) is 22.3 Å². The third-order valence-corrected chi connectivity index (χ3v) is 4.67. The number of ether oxygens (including phenoxy) is 1. The normalized spacial score (nSPS) is 18.8. The average molecular weight is 347 g/mol. The number of amides is 1. The number of para-hydroxylation sites is 1. The molecular formula is C22H21NO3. The first-order valence-electron chi connectivity index (χ1n) is 8.49.